The summed E-state index contributed by atoms with van der Waals surface area (Å²) < 4.78 is 5.77. The Bertz CT molecular complexity index is 405. The maximum Gasteiger partial charge on any atom is 0.233 e. The van der Waals surface area contributed by atoms with Crippen LogP contribution in [0.2, 0.25) is 0 Å². The molecule has 0 radical (unpaired) electrons. The first-order valence-corrected chi connectivity index (χ1v) is 6.44. The number of carbonyl (C=O) groups excluding carboxylic acids is 1. The first kappa shape index (κ1) is 12.8. The first-order valence-electron chi connectivity index (χ1n) is 6.44. The Balaban J connectivity index is 1.93. The fourth-order valence-electron chi connectivity index (χ4n) is 2.10. The second kappa shape index (κ2) is 5.80. The van der Waals surface area contributed by atoms with Gasteiger partial charge in [-0.3, -0.25) is 4.79 Å². The Morgan fingerprint density at radius 1 is 1.50 bits per heavy atom. The highest BCUT2D eigenvalue weighted by molar-refractivity contribution is 5.75. The van der Waals surface area contributed by atoms with Gasteiger partial charge in [0.1, 0.15) is 6.10 Å². The average Bonchev–Trinajstić information content (AvgIpc) is 2.41. The van der Waals surface area contributed by atoms with E-state index in [2.05, 4.69) is 10.2 Å². The summed E-state index contributed by atoms with van der Waals surface area (Å²) in [6.07, 6.45) is 2.53. The summed E-state index contributed by atoms with van der Waals surface area (Å²) in [5.41, 5.74) is 0.869. The van der Waals surface area contributed by atoms with Gasteiger partial charge in [0.2, 0.25) is 11.8 Å². The molecule has 18 heavy (non-hydrogen) atoms. The van der Waals surface area contributed by atoms with E-state index < -0.39 is 0 Å². The molecule has 0 aromatic carbocycles. The molecule has 2 heterocycles. The van der Waals surface area contributed by atoms with Crippen LogP contribution in [0.4, 0.5) is 0 Å². The Hall–Kier alpha value is -1.65. The van der Waals surface area contributed by atoms with Crippen molar-refractivity contribution in [2.75, 3.05) is 13.1 Å². The number of nitrogens with zero attached hydrogens (tertiary/aromatic N) is 3. The number of likely N-dealkylation sites (tertiary alicyclic amines) is 1. The fourth-order valence-corrected chi connectivity index (χ4v) is 2.10. The molecule has 5 nitrogen and oxygen atoms in total. The highest BCUT2D eigenvalue weighted by atomic mass is 16.5. The number of amides is 1. The van der Waals surface area contributed by atoms with Crippen molar-refractivity contribution in [3.63, 3.8) is 0 Å². The third kappa shape index (κ3) is 3.18. The van der Waals surface area contributed by atoms with Crippen molar-refractivity contribution in [2.24, 2.45) is 0 Å². The van der Waals surface area contributed by atoms with Gasteiger partial charge in [-0.2, -0.15) is 5.10 Å². The lowest BCUT2D eigenvalue weighted by Gasteiger charge is -2.32. The lowest BCUT2D eigenvalue weighted by Crippen LogP contribution is -2.44. The summed E-state index contributed by atoms with van der Waals surface area (Å²) in [5, 5.41) is 7.95. The van der Waals surface area contributed by atoms with Gasteiger partial charge in [-0.15, -0.1) is 5.10 Å². The van der Waals surface area contributed by atoms with E-state index in [1.807, 2.05) is 30.9 Å². The first-order chi connectivity index (χ1) is 8.69. The number of carbonyl (C=O) groups is 1. The molecule has 5 heteroatoms. The van der Waals surface area contributed by atoms with Gasteiger partial charge in [-0.1, -0.05) is 6.92 Å². The quantitative estimate of drug-likeness (QED) is 0.816. The summed E-state index contributed by atoms with van der Waals surface area (Å²) in [7, 11) is 0. The van der Waals surface area contributed by atoms with Gasteiger partial charge >= 0.3 is 0 Å². The predicted octanol–water partition coefficient (Wildman–Crippen LogP) is 1.56. The molecule has 1 saturated heterocycles. The Kier molecular flexibility index (Phi) is 4.12. The Morgan fingerprint density at radius 2 is 2.33 bits per heavy atom. The summed E-state index contributed by atoms with van der Waals surface area (Å²) in [6, 6.07) is 3.70. The van der Waals surface area contributed by atoms with Crippen molar-refractivity contribution >= 4 is 5.91 Å². The van der Waals surface area contributed by atoms with E-state index in [0.29, 0.717) is 18.8 Å². The molecule has 1 aliphatic heterocycles. The zero-order chi connectivity index (χ0) is 13.0. The topological polar surface area (TPSA) is 55.3 Å². The van der Waals surface area contributed by atoms with Crippen LogP contribution in [0.15, 0.2) is 12.1 Å². The van der Waals surface area contributed by atoms with Crippen LogP contribution in [0.5, 0.6) is 5.88 Å². The number of rotatable bonds is 3. The third-order valence-electron chi connectivity index (χ3n) is 3.09. The molecule has 0 saturated carbocycles. The molecule has 0 bridgehead atoms. The van der Waals surface area contributed by atoms with Crippen LogP contribution in [0, 0.1) is 6.92 Å². The van der Waals surface area contributed by atoms with Gasteiger partial charge in [0.15, 0.2) is 0 Å². The third-order valence-corrected chi connectivity index (χ3v) is 3.09. The Morgan fingerprint density at radius 3 is 3.00 bits per heavy atom. The lowest BCUT2D eigenvalue weighted by atomic mass is 10.1. The molecule has 1 fully saturated rings. The number of hydrogen-bond donors (Lipinski definition) is 0. The van der Waals surface area contributed by atoms with Crippen molar-refractivity contribution < 1.29 is 9.53 Å². The molecule has 1 aromatic rings. The minimum atomic E-state index is 0.0336. The van der Waals surface area contributed by atoms with Crippen LogP contribution in [-0.2, 0) is 4.79 Å². The average molecular weight is 249 g/mol. The standard InChI is InChI=1S/C13H19N3O2/c1-3-13(17)16-8-4-5-11(9-16)18-12-7-6-10(2)14-15-12/h6-7,11H,3-5,8-9H2,1-2H3. The van der Waals surface area contributed by atoms with Gasteiger partial charge in [-0.05, 0) is 25.8 Å². The van der Waals surface area contributed by atoms with E-state index in [-0.39, 0.29) is 12.0 Å². The fraction of sp³-hybridized carbons (Fsp3) is 0.615. The second-order valence-corrected chi connectivity index (χ2v) is 4.59. The van der Waals surface area contributed by atoms with E-state index in [9.17, 15) is 4.79 Å². The zero-order valence-electron chi connectivity index (χ0n) is 10.9. The summed E-state index contributed by atoms with van der Waals surface area (Å²) >= 11 is 0. The molecule has 1 aromatic heterocycles. The van der Waals surface area contributed by atoms with Crippen LogP contribution in [0.3, 0.4) is 0 Å². The molecule has 1 amide bonds. The smallest absolute Gasteiger partial charge is 0.233 e. The van der Waals surface area contributed by atoms with E-state index in [4.69, 9.17) is 4.74 Å². The summed E-state index contributed by atoms with van der Waals surface area (Å²) in [5.74, 6) is 0.731. The minimum absolute atomic E-state index is 0.0336. The highest BCUT2D eigenvalue weighted by Gasteiger charge is 2.24. The number of aryl methyl sites for hydroxylation is 1. The SMILES string of the molecule is CCC(=O)N1CCCC(Oc2ccc(C)nn2)C1. The zero-order valence-corrected chi connectivity index (χ0v) is 10.9. The van der Waals surface area contributed by atoms with Crippen LogP contribution in [0.25, 0.3) is 0 Å². The molecule has 1 atom stereocenters. The normalized spacial score (nSPS) is 19.7. The minimum Gasteiger partial charge on any atom is -0.471 e. The molecule has 1 unspecified atom stereocenters. The Labute approximate surface area is 107 Å². The van der Waals surface area contributed by atoms with Crippen molar-refractivity contribution in [2.45, 2.75) is 39.2 Å². The molecule has 0 N–H and O–H groups in total. The van der Waals surface area contributed by atoms with E-state index in [1.165, 1.54) is 0 Å². The number of ether oxygens (including phenoxy) is 1. The molecule has 1 aliphatic rings. The molecule has 0 spiro atoms. The van der Waals surface area contributed by atoms with Gasteiger partial charge in [0.25, 0.3) is 0 Å². The van der Waals surface area contributed by atoms with E-state index >= 15 is 0 Å². The second-order valence-electron chi connectivity index (χ2n) is 4.59. The molecule has 0 aliphatic carbocycles. The van der Waals surface area contributed by atoms with Crippen molar-refractivity contribution in [1.29, 1.82) is 0 Å². The lowest BCUT2D eigenvalue weighted by molar-refractivity contribution is -0.133. The van der Waals surface area contributed by atoms with E-state index in [1.54, 1.807) is 0 Å². The van der Waals surface area contributed by atoms with E-state index in [0.717, 1.165) is 25.1 Å². The molecule has 98 valence electrons. The van der Waals surface area contributed by atoms with Crippen LogP contribution in [-0.4, -0.2) is 40.2 Å². The summed E-state index contributed by atoms with van der Waals surface area (Å²) in [4.78, 5) is 13.5. The van der Waals surface area contributed by atoms with Gasteiger partial charge in [-0.25, -0.2) is 0 Å². The highest BCUT2D eigenvalue weighted by Crippen LogP contribution is 2.16. The number of hydrogen-bond acceptors (Lipinski definition) is 4. The van der Waals surface area contributed by atoms with Crippen LogP contribution < -0.4 is 4.74 Å². The van der Waals surface area contributed by atoms with Crippen LogP contribution in [0.1, 0.15) is 31.9 Å². The number of aromatic nitrogens is 2. The number of piperidine rings is 1. The van der Waals surface area contributed by atoms with Gasteiger partial charge in [0.05, 0.1) is 12.2 Å². The van der Waals surface area contributed by atoms with Gasteiger partial charge in [0, 0.05) is 19.0 Å². The predicted molar refractivity (Wildman–Crippen MR) is 67.3 cm³/mol. The largest absolute Gasteiger partial charge is 0.471 e. The molecular weight excluding hydrogens is 230 g/mol. The van der Waals surface area contributed by atoms with Crippen molar-refractivity contribution in [3.8, 4) is 5.88 Å². The maximum absolute atomic E-state index is 11.7. The van der Waals surface area contributed by atoms with Crippen molar-refractivity contribution in [1.82, 2.24) is 15.1 Å². The van der Waals surface area contributed by atoms with Gasteiger partial charge < -0.3 is 9.64 Å². The maximum atomic E-state index is 11.7. The monoisotopic (exact) mass is 249 g/mol. The molecular formula is C13H19N3O2. The molecule has 2 rings (SSSR count). The summed E-state index contributed by atoms with van der Waals surface area (Å²) in [6.45, 7) is 5.27. The van der Waals surface area contributed by atoms with Crippen molar-refractivity contribution in [3.05, 3.63) is 17.8 Å². The van der Waals surface area contributed by atoms with Crippen LogP contribution >= 0.6 is 0 Å².